The molecule has 2 aromatic rings. The summed E-state index contributed by atoms with van der Waals surface area (Å²) in [6.07, 6.45) is -1.12. The maximum Gasteiger partial charge on any atom is 0.339 e. The van der Waals surface area contributed by atoms with Crippen LogP contribution in [-0.2, 0) is 16.1 Å². The van der Waals surface area contributed by atoms with Crippen LogP contribution in [0.25, 0.3) is 0 Å². The van der Waals surface area contributed by atoms with Crippen LogP contribution in [0.1, 0.15) is 29.8 Å². The van der Waals surface area contributed by atoms with E-state index in [1.54, 1.807) is 31.2 Å². The lowest BCUT2D eigenvalue weighted by Gasteiger charge is -2.15. The molecule has 27 heavy (non-hydrogen) atoms. The minimum absolute atomic E-state index is 0.175. The maximum atomic E-state index is 12.4. The SMILES string of the molecule is CCNC(=O)NC(=O)[C@@H](C)OC(=O)c1ccccc1COc1ccccc1. The summed E-state index contributed by atoms with van der Waals surface area (Å²) in [5.41, 5.74) is 0.925. The topological polar surface area (TPSA) is 93.7 Å². The zero-order valence-corrected chi connectivity index (χ0v) is 15.2. The lowest BCUT2D eigenvalue weighted by atomic mass is 10.1. The smallest absolute Gasteiger partial charge is 0.339 e. The highest BCUT2D eigenvalue weighted by Gasteiger charge is 2.22. The highest BCUT2D eigenvalue weighted by atomic mass is 16.5. The molecule has 142 valence electrons. The molecule has 2 aromatic carbocycles. The van der Waals surface area contributed by atoms with E-state index >= 15 is 0 Å². The molecule has 1 atom stereocenters. The standard InChI is InChI=1S/C20H22N2O5/c1-3-21-20(25)22-18(23)14(2)27-19(24)17-12-8-7-9-15(17)13-26-16-10-5-4-6-11-16/h4-12,14H,3,13H2,1-2H3,(H2,21,22,23,25)/t14-/m1/s1. The van der Waals surface area contributed by atoms with Gasteiger partial charge in [-0.1, -0.05) is 36.4 Å². The van der Waals surface area contributed by atoms with Crippen LogP contribution in [0.4, 0.5) is 4.79 Å². The Labute approximate surface area is 157 Å². The summed E-state index contributed by atoms with van der Waals surface area (Å²) in [5.74, 6) is -0.691. The summed E-state index contributed by atoms with van der Waals surface area (Å²) in [7, 11) is 0. The van der Waals surface area contributed by atoms with E-state index < -0.39 is 24.0 Å². The highest BCUT2D eigenvalue weighted by Crippen LogP contribution is 2.16. The Hall–Kier alpha value is -3.35. The highest BCUT2D eigenvalue weighted by molar-refractivity contribution is 5.98. The van der Waals surface area contributed by atoms with Crippen molar-refractivity contribution in [2.24, 2.45) is 0 Å². The first-order chi connectivity index (χ1) is 13.0. The zero-order chi connectivity index (χ0) is 19.6. The third-order valence-electron chi connectivity index (χ3n) is 3.60. The summed E-state index contributed by atoms with van der Waals surface area (Å²) in [5, 5.41) is 4.54. The molecule has 3 amide bonds. The number of para-hydroxylation sites is 1. The van der Waals surface area contributed by atoms with Gasteiger partial charge in [-0.05, 0) is 32.0 Å². The molecule has 0 radical (unpaired) electrons. The maximum absolute atomic E-state index is 12.4. The Kier molecular flexibility index (Phi) is 7.37. The number of ether oxygens (including phenoxy) is 2. The van der Waals surface area contributed by atoms with Crippen LogP contribution in [0, 0.1) is 0 Å². The van der Waals surface area contributed by atoms with Gasteiger partial charge in [-0.2, -0.15) is 0 Å². The van der Waals surface area contributed by atoms with Gasteiger partial charge in [-0.25, -0.2) is 9.59 Å². The lowest BCUT2D eigenvalue weighted by molar-refractivity contribution is -0.127. The summed E-state index contributed by atoms with van der Waals surface area (Å²) < 4.78 is 10.9. The first-order valence-electron chi connectivity index (χ1n) is 8.56. The minimum Gasteiger partial charge on any atom is -0.489 e. The molecule has 0 aliphatic carbocycles. The van der Waals surface area contributed by atoms with E-state index in [2.05, 4.69) is 10.6 Å². The first-order valence-corrected chi connectivity index (χ1v) is 8.56. The second kappa shape index (κ2) is 9.96. The van der Waals surface area contributed by atoms with E-state index in [9.17, 15) is 14.4 Å². The number of benzene rings is 2. The zero-order valence-electron chi connectivity index (χ0n) is 15.2. The van der Waals surface area contributed by atoms with Crippen molar-refractivity contribution < 1.29 is 23.9 Å². The molecule has 0 saturated carbocycles. The average Bonchev–Trinajstić information content (AvgIpc) is 2.67. The van der Waals surface area contributed by atoms with E-state index in [0.717, 1.165) is 0 Å². The van der Waals surface area contributed by atoms with Crippen LogP contribution < -0.4 is 15.4 Å². The molecule has 2 rings (SSSR count). The van der Waals surface area contributed by atoms with Crippen LogP contribution >= 0.6 is 0 Å². The van der Waals surface area contributed by atoms with Crippen molar-refractivity contribution in [3.63, 3.8) is 0 Å². The van der Waals surface area contributed by atoms with Gasteiger partial charge in [0, 0.05) is 12.1 Å². The number of carbonyl (C=O) groups excluding carboxylic acids is 3. The van der Waals surface area contributed by atoms with Crippen LogP contribution in [-0.4, -0.2) is 30.6 Å². The molecule has 0 unspecified atom stereocenters. The van der Waals surface area contributed by atoms with Crippen molar-refractivity contribution in [2.75, 3.05) is 6.54 Å². The quantitative estimate of drug-likeness (QED) is 0.731. The number of hydrogen-bond acceptors (Lipinski definition) is 5. The summed E-state index contributed by atoms with van der Waals surface area (Å²) in [6.45, 7) is 3.67. The number of rotatable bonds is 7. The molecule has 0 heterocycles. The molecule has 0 aliphatic heterocycles. The van der Waals surface area contributed by atoms with Crippen molar-refractivity contribution in [2.45, 2.75) is 26.6 Å². The fourth-order valence-corrected chi connectivity index (χ4v) is 2.22. The first kappa shape index (κ1) is 20.0. The van der Waals surface area contributed by atoms with E-state index in [1.807, 2.05) is 30.3 Å². The molecule has 0 bridgehead atoms. The third-order valence-corrected chi connectivity index (χ3v) is 3.60. The molecule has 0 spiro atoms. The van der Waals surface area contributed by atoms with E-state index in [4.69, 9.17) is 9.47 Å². The van der Waals surface area contributed by atoms with E-state index in [1.165, 1.54) is 6.92 Å². The molecule has 0 saturated heterocycles. The second-order valence-electron chi connectivity index (χ2n) is 5.66. The van der Waals surface area contributed by atoms with Crippen molar-refractivity contribution in [3.05, 3.63) is 65.7 Å². The number of esters is 1. The predicted octanol–water partition coefficient (Wildman–Crippen LogP) is 2.66. The number of amides is 3. The molecule has 7 heteroatoms. The molecule has 0 fully saturated rings. The van der Waals surface area contributed by atoms with Crippen LogP contribution in [0.2, 0.25) is 0 Å². The Morgan fingerprint density at radius 2 is 1.67 bits per heavy atom. The second-order valence-corrected chi connectivity index (χ2v) is 5.66. The summed E-state index contributed by atoms with van der Waals surface area (Å²) in [6, 6.07) is 15.4. The fourth-order valence-electron chi connectivity index (χ4n) is 2.22. The van der Waals surface area contributed by atoms with E-state index in [0.29, 0.717) is 23.4 Å². The minimum atomic E-state index is -1.12. The van der Waals surface area contributed by atoms with Gasteiger partial charge >= 0.3 is 12.0 Å². The number of hydrogen-bond donors (Lipinski definition) is 2. The molecule has 0 aliphatic rings. The normalized spacial score (nSPS) is 11.2. The molecular weight excluding hydrogens is 348 g/mol. The summed E-state index contributed by atoms with van der Waals surface area (Å²) in [4.78, 5) is 35.7. The van der Waals surface area contributed by atoms with Crippen LogP contribution in [0.5, 0.6) is 5.75 Å². The molecule has 0 aromatic heterocycles. The third kappa shape index (κ3) is 6.14. The average molecular weight is 370 g/mol. The van der Waals surface area contributed by atoms with Gasteiger partial charge in [0.2, 0.25) is 0 Å². The molecule has 2 N–H and O–H groups in total. The van der Waals surface area contributed by atoms with Crippen molar-refractivity contribution in [3.8, 4) is 5.75 Å². The number of urea groups is 1. The molecule has 7 nitrogen and oxygen atoms in total. The molecular formula is C20H22N2O5. The number of nitrogens with one attached hydrogen (secondary N) is 2. The fraction of sp³-hybridized carbons (Fsp3) is 0.250. The largest absolute Gasteiger partial charge is 0.489 e. The Morgan fingerprint density at radius 1 is 1.00 bits per heavy atom. The number of carbonyl (C=O) groups is 3. The van der Waals surface area contributed by atoms with Gasteiger partial charge in [0.1, 0.15) is 12.4 Å². The van der Waals surface area contributed by atoms with E-state index in [-0.39, 0.29) is 6.61 Å². The van der Waals surface area contributed by atoms with Crippen LogP contribution in [0.15, 0.2) is 54.6 Å². The van der Waals surface area contributed by atoms with Gasteiger partial charge < -0.3 is 14.8 Å². The van der Waals surface area contributed by atoms with Gasteiger partial charge in [0.25, 0.3) is 5.91 Å². The van der Waals surface area contributed by atoms with Gasteiger partial charge in [-0.3, -0.25) is 10.1 Å². The monoisotopic (exact) mass is 370 g/mol. The van der Waals surface area contributed by atoms with Gasteiger partial charge in [0.05, 0.1) is 5.56 Å². The van der Waals surface area contributed by atoms with Gasteiger partial charge in [0.15, 0.2) is 6.10 Å². The summed E-state index contributed by atoms with van der Waals surface area (Å²) >= 11 is 0. The van der Waals surface area contributed by atoms with Gasteiger partial charge in [-0.15, -0.1) is 0 Å². The van der Waals surface area contributed by atoms with Crippen molar-refractivity contribution >= 4 is 17.9 Å². The lowest BCUT2D eigenvalue weighted by Crippen LogP contribution is -2.44. The number of imide groups is 1. The van der Waals surface area contributed by atoms with Crippen molar-refractivity contribution in [1.82, 2.24) is 10.6 Å². The van der Waals surface area contributed by atoms with Crippen molar-refractivity contribution in [1.29, 1.82) is 0 Å². The Morgan fingerprint density at radius 3 is 2.37 bits per heavy atom. The van der Waals surface area contributed by atoms with Crippen LogP contribution in [0.3, 0.4) is 0 Å². The predicted molar refractivity (Wildman–Crippen MR) is 99.3 cm³/mol. The Balaban J connectivity index is 1.99. The Bertz CT molecular complexity index is 792.